The average Bonchev–Trinajstić information content (AvgIpc) is 1.69. The van der Waals surface area contributed by atoms with Crippen molar-refractivity contribution in [1.29, 1.82) is 5.26 Å². The summed E-state index contributed by atoms with van der Waals surface area (Å²) < 4.78 is 0. The number of anilines is 10. The van der Waals surface area contributed by atoms with Crippen molar-refractivity contribution in [2.75, 3.05) is 19.6 Å². The van der Waals surface area contributed by atoms with Crippen LogP contribution in [-0.2, 0) is 32.5 Å². The minimum absolute atomic E-state index is 0.00749. The van der Waals surface area contributed by atoms with Crippen LogP contribution in [-0.4, -0.2) is 17.8 Å². The van der Waals surface area contributed by atoms with Gasteiger partial charge in [-0.3, -0.25) is 0 Å². The number of hydrogen-bond donors (Lipinski definition) is 0. The first-order valence-corrected chi connectivity index (χ1v) is 34.8. The van der Waals surface area contributed by atoms with Crippen LogP contribution in [0.4, 0.5) is 56.9 Å². The summed E-state index contributed by atoms with van der Waals surface area (Å²) in [7, 11) is 0. The Morgan fingerprint density at radius 3 is 1.41 bits per heavy atom. The van der Waals surface area contributed by atoms with Crippen molar-refractivity contribution in [3.05, 3.63) is 221 Å². The smallest absolute Gasteiger partial charge is 0.252 e. The highest BCUT2D eigenvalue weighted by Crippen LogP contribution is 2.64. The summed E-state index contributed by atoms with van der Waals surface area (Å²) in [6, 6.07) is 73.9. The van der Waals surface area contributed by atoms with Crippen LogP contribution in [0.5, 0.6) is 0 Å². The SMILES string of the molecule is CC(C)(C)c1ccc(N2c3ccc(N4c5ccc(-c6ccc(C#N)cc6)cc5C5(C)CCCCC45C)cc3B3c4cc(C(C)(C)C)ccc4N(c4ccc(C(C)(C)C)cc4-c4ccccc4)c4cc(N5c6ccc(C(C)(C)C)cc6C6(C)CCCCC56C)cc2c43)cc1. The van der Waals surface area contributed by atoms with Crippen LogP contribution >= 0.6 is 0 Å². The molecule has 4 unspecified atom stereocenters. The maximum atomic E-state index is 9.76. The zero-order chi connectivity index (χ0) is 65.3. The Hall–Kier alpha value is -8.27. The molecule has 5 nitrogen and oxygen atoms in total. The molecule has 0 spiro atoms. The van der Waals surface area contributed by atoms with Crippen LogP contribution in [0.2, 0.25) is 0 Å². The van der Waals surface area contributed by atoms with Gasteiger partial charge in [0, 0.05) is 67.6 Å². The van der Waals surface area contributed by atoms with E-state index in [-0.39, 0.29) is 50.3 Å². The number of nitrogens with zero attached hydrogens (tertiary/aromatic N) is 5. The molecular weight excluding hydrogens is 1130 g/mol. The Kier molecular flexibility index (Phi) is 13.7. The molecule has 6 heteroatoms. The number of benzene rings is 9. The van der Waals surface area contributed by atoms with Gasteiger partial charge >= 0.3 is 0 Å². The van der Waals surface area contributed by atoms with Gasteiger partial charge in [-0.1, -0.05) is 214 Å². The van der Waals surface area contributed by atoms with Gasteiger partial charge in [0.15, 0.2) is 0 Å². The van der Waals surface area contributed by atoms with Gasteiger partial charge in [0.2, 0.25) is 0 Å². The van der Waals surface area contributed by atoms with Gasteiger partial charge in [-0.25, -0.2) is 0 Å². The van der Waals surface area contributed by atoms with Crippen molar-refractivity contribution in [2.45, 2.75) is 206 Å². The number of rotatable bonds is 6. The van der Waals surface area contributed by atoms with E-state index in [1.807, 2.05) is 12.1 Å². The molecule has 93 heavy (non-hydrogen) atoms. The number of nitriles is 1. The molecule has 0 amide bonds. The van der Waals surface area contributed by atoms with Crippen LogP contribution in [0, 0.1) is 11.3 Å². The van der Waals surface area contributed by atoms with Crippen molar-refractivity contribution in [2.24, 2.45) is 0 Å². The molecule has 4 heterocycles. The minimum Gasteiger partial charge on any atom is -0.334 e. The first-order chi connectivity index (χ1) is 44.1. The molecule has 470 valence electrons. The fourth-order valence-electron chi connectivity index (χ4n) is 18.1. The van der Waals surface area contributed by atoms with E-state index in [1.165, 1.54) is 143 Å². The predicted molar refractivity (Wildman–Crippen MR) is 396 cm³/mol. The van der Waals surface area contributed by atoms with Crippen molar-refractivity contribution in [3.8, 4) is 28.3 Å². The average molecular weight is 1220 g/mol. The van der Waals surface area contributed by atoms with E-state index in [0.29, 0.717) is 5.56 Å². The zero-order valence-corrected chi connectivity index (χ0v) is 58.3. The van der Waals surface area contributed by atoms with E-state index in [9.17, 15) is 5.26 Å². The summed E-state index contributed by atoms with van der Waals surface area (Å²) in [5.74, 6) is 0. The Balaban J connectivity index is 1.05. The predicted octanol–water partition coefficient (Wildman–Crippen LogP) is 21.6. The lowest BCUT2D eigenvalue weighted by molar-refractivity contribution is 0.195. The highest BCUT2D eigenvalue weighted by molar-refractivity contribution is 7.00. The molecular formula is C87H94BN5. The van der Waals surface area contributed by atoms with Crippen LogP contribution in [0.25, 0.3) is 22.3 Å². The van der Waals surface area contributed by atoms with Gasteiger partial charge in [0.05, 0.1) is 28.4 Å². The van der Waals surface area contributed by atoms with Gasteiger partial charge in [-0.05, 0) is 219 Å². The first kappa shape index (κ1) is 60.9. The molecule has 9 aromatic carbocycles. The zero-order valence-electron chi connectivity index (χ0n) is 58.3. The fourth-order valence-corrected chi connectivity index (χ4v) is 18.1. The van der Waals surface area contributed by atoms with Crippen molar-refractivity contribution in [3.63, 3.8) is 0 Å². The van der Waals surface area contributed by atoms with Crippen LogP contribution in [0.15, 0.2) is 182 Å². The molecule has 0 N–H and O–H groups in total. The molecule has 0 saturated heterocycles. The molecule has 9 aromatic rings. The second kappa shape index (κ2) is 20.9. The van der Waals surface area contributed by atoms with Crippen LogP contribution in [0.1, 0.15) is 201 Å². The van der Waals surface area contributed by atoms with E-state index in [0.717, 1.165) is 36.9 Å². The monoisotopic (exact) mass is 1220 g/mol. The van der Waals surface area contributed by atoms with Crippen LogP contribution in [0.3, 0.4) is 0 Å². The summed E-state index contributed by atoms with van der Waals surface area (Å²) in [6.07, 6.45) is 9.26. The third-order valence-electron chi connectivity index (χ3n) is 24.0. The van der Waals surface area contributed by atoms with Crippen molar-refractivity contribution >= 4 is 80.0 Å². The molecule has 2 saturated carbocycles. The van der Waals surface area contributed by atoms with E-state index in [4.69, 9.17) is 0 Å². The highest BCUT2D eigenvalue weighted by atomic mass is 15.3. The van der Waals surface area contributed by atoms with Gasteiger partial charge < -0.3 is 19.6 Å². The molecule has 6 aliphatic rings. The third-order valence-corrected chi connectivity index (χ3v) is 24.0. The van der Waals surface area contributed by atoms with Gasteiger partial charge in [0.1, 0.15) is 0 Å². The normalized spacial score (nSPS) is 22.1. The lowest BCUT2D eigenvalue weighted by Gasteiger charge is -2.51. The quantitative estimate of drug-likeness (QED) is 0.155. The lowest BCUT2D eigenvalue weighted by Crippen LogP contribution is -2.62. The molecule has 0 bridgehead atoms. The Morgan fingerprint density at radius 1 is 0.366 bits per heavy atom. The lowest BCUT2D eigenvalue weighted by atomic mass is 9.33. The summed E-state index contributed by atoms with van der Waals surface area (Å²) >= 11 is 0. The van der Waals surface area contributed by atoms with E-state index in [2.05, 4.69) is 306 Å². The van der Waals surface area contributed by atoms with E-state index < -0.39 is 0 Å². The molecule has 4 aliphatic heterocycles. The van der Waals surface area contributed by atoms with Crippen LogP contribution < -0.4 is 36.0 Å². The Bertz CT molecular complexity index is 4540. The van der Waals surface area contributed by atoms with Gasteiger partial charge in [0.25, 0.3) is 6.71 Å². The second-order valence-corrected chi connectivity index (χ2v) is 33.6. The third kappa shape index (κ3) is 9.19. The molecule has 15 rings (SSSR count). The first-order valence-electron chi connectivity index (χ1n) is 34.8. The van der Waals surface area contributed by atoms with Crippen molar-refractivity contribution in [1.82, 2.24) is 0 Å². The molecule has 2 fully saturated rings. The molecule has 0 radical (unpaired) electrons. The summed E-state index contributed by atoms with van der Waals surface area (Å²) in [5, 5.41) is 9.76. The minimum atomic E-state index is -0.202. The summed E-state index contributed by atoms with van der Waals surface area (Å²) in [5.41, 5.74) is 29.3. The second-order valence-electron chi connectivity index (χ2n) is 33.6. The molecule has 2 aliphatic carbocycles. The largest absolute Gasteiger partial charge is 0.334 e. The van der Waals surface area contributed by atoms with E-state index >= 15 is 0 Å². The van der Waals surface area contributed by atoms with Gasteiger partial charge in [-0.15, -0.1) is 0 Å². The Morgan fingerprint density at radius 2 is 0.817 bits per heavy atom. The maximum Gasteiger partial charge on any atom is 0.252 e. The standard InChI is InChI=1S/C87H94BN5/c1-80(2,3)60-31-36-64(37-32-60)90-75-43-38-65(92-73-39-30-59(57-28-26-56(55-89)27-29-57)48-68(73)84(13)44-20-22-46-86(84,92)15)52-71(75)88-70-51-63(83(10,11)12)35-42-76(70)91(72-40-33-61(81(4,5)6)49-67(72)58-24-18-17-19-25-58)78-54-66(53-77(90)79(78)88)93-74-41-34-62(82(7,8)9)50-69(74)85(14)45-21-23-47-87(85,93)16/h17-19,24-43,48-54H,20-23,44-47H2,1-16H3. The highest BCUT2D eigenvalue weighted by Gasteiger charge is 2.60. The number of fused-ring (bicyclic) bond motifs is 10. The molecule has 0 aromatic heterocycles. The fraction of sp³-hybridized carbons (Fsp3) is 0.368. The van der Waals surface area contributed by atoms with Gasteiger partial charge in [-0.2, -0.15) is 5.26 Å². The summed E-state index contributed by atoms with van der Waals surface area (Å²) in [4.78, 5) is 11.0. The number of hydrogen-bond acceptors (Lipinski definition) is 5. The Labute approximate surface area is 556 Å². The summed E-state index contributed by atoms with van der Waals surface area (Å²) in [6.45, 7) is 38.5. The maximum absolute atomic E-state index is 9.76. The van der Waals surface area contributed by atoms with Crippen molar-refractivity contribution < 1.29 is 0 Å². The topological polar surface area (TPSA) is 36.8 Å². The molecule has 4 atom stereocenters. The van der Waals surface area contributed by atoms with E-state index in [1.54, 1.807) is 0 Å².